The molecule has 1 heterocycles. The average molecular weight is 254 g/mol. The molecule has 2 atom stereocenters. The lowest BCUT2D eigenvalue weighted by Crippen LogP contribution is -2.54. The Morgan fingerprint density at radius 3 is 3.18 bits per heavy atom. The second kappa shape index (κ2) is 5.96. The fourth-order valence-electron chi connectivity index (χ4n) is 2.62. The third-order valence-corrected chi connectivity index (χ3v) is 4.62. The molecule has 1 aliphatic carbocycles. The number of ether oxygens (including phenoxy) is 1. The Morgan fingerprint density at radius 2 is 2.53 bits per heavy atom. The van der Waals surface area contributed by atoms with E-state index in [1.54, 1.807) is 18.4 Å². The van der Waals surface area contributed by atoms with Crippen molar-refractivity contribution in [3.05, 3.63) is 22.4 Å². The quantitative estimate of drug-likeness (QED) is 0.846. The highest BCUT2D eigenvalue weighted by atomic mass is 32.1. The van der Waals surface area contributed by atoms with Crippen LogP contribution in [0.4, 0.5) is 0 Å². The highest BCUT2D eigenvalue weighted by molar-refractivity contribution is 7.09. The largest absolute Gasteiger partial charge is 0.381 e. The third-order valence-electron chi connectivity index (χ3n) is 3.74. The van der Waals surface area contributed by atoms with Crippen LogP contribution in [0.2, 0.25) is 0 Å². The van der Waals surface area contributed by atoms with E-state index in [1.165, 1.54) is 17.7 Å². The predicted octanol–water partition coefficient (Wildman–Crippen LogP) is 2.12. The lowest BCUT2D eigenvalue weighted by Gasteiger charge is -2.40. The molecule has 0 aliphatic heterocycles. The van der Waals surface area contributed by atoms with Gasteiger partial charge in [-0.3, -0.25) is 0 Å². The lowest BCUT2D eigenvalue weighted by atomic mass is 9.80. The number of hydrogen-bond donors (Lipinski definition) is 2. The van der Waals surface area contributed by atoms with Crippen LogP contribution in [-0.4, -0.2) is 25.3 Å². The summed E-state index contributed by atoms with van der Waals surface area (Å²) in [4.78, 5) is 1.37. The monoisotopic (exact) mass is 254 g/mol. The van der Waals surface area contributed by atoms with Crippen molar-refractivity contribution in [3.63, 3.8) is 0 Å². The molecule has 3 N–H and O–H groups in total. The van der Waals surface area contributed by atoms with Crippen LogP contribution in [0.1, 0.15) is 30.6 Å². The van der Waals surface area contributed by atoms with Gasteiger partial charge in [0.1, 0.15) is 0 Å². The Balaban J connectivity index is 1.94. The van der Waals surface area contributed by atoms with E-state index in [-0.39, 0.29) is 5.54 Å². The number of nitrogens with two attached hydrogens (primary N) is 1. The number of hydrogen-bond acceptors (Lipinski definition) is 4. The zero-order chi connectivity index (χ0) is 12.1. The Bertz CT molecular complexity index is 328. The average Bonchev–Trinajstić information content (AvgIpc) is 2.90. The first kappa shape index (κ1) is 13.0. The molecule has 1 aromatic heterocycles. The number of thiophene rings is 1. The molecule has 4 heteroatoms. The second-order valence-corrected chi connectivity index (χ2v) is 5.90. The van der Waals surface area contributed by atoms with E-state index in [4.69, 9.17) is 10.5 Å². The molecule has 3 nitrogen and oxygen atoms in total. The smallest absolute Gasteiger partial charge is 0.0589 e. The molecule has 0 bridgehead atoms. The van der Waals surface area contributed by atoms with Crippen LogP contribution in [0, 0.1) is 0 Å². The molecule has 17 heavy (non-hydrogen) atoms. The van der Waals surface area contributed by atoms with Crippen molar-refractivity contribution in [3.8, 4) is 0 Å². The van der Waals surface area contributed by atoms with Crippen molar-refractivity contribution >= 4 is 11.3 Å². The van der Waals surface area contributed by atoms with Crippen LogP contribution in [0.5, 0.6) is 0 Å². The summed E-state index contributed by atoms with van der Waals surface area (Å²) in [5.74, 6) is 0. The zero-order valence-corrected chi connectivity index (χ0v) is 11.3. The summed E-state index contributed by atoms with van der Waals surface area (Å²) >= 11 is 1.79. The van der Waals surface area contributed by atoms with Crippen LogP contribution < -0.4 is 11.1 Å². The lowest BCUT2D eigenvalue weighted by molar-refractivity contribution is 0.0324. The molecule has 1 saturated carbocycles. The van der Waals surface area contributed by atoms with Gasteiger partial charge in [0.05, 0.1) is 6.10 Å². The van der Waals surface area contributed by atoms with Crippen molar-refractivity contribution < 1.29 is 4.74 Å². The molecule has 2 unspecified atom stereocenters. The SMILES string of the molecule is COC1CCCC(CN)(NCc2cccs2)C1. The number of rotatable bonds is 5. The summed E-state index contributed by atoms with van der Waals surface area (Å²) in [6.45, 7) is 1.61. The third kappa shape index (κ3) is 3.28. The van der Waals surface area contributed by atoms with Crippen LogP contribution >= 0.6 is 11.3 Å². The van der Waals surface area contributed by atoms with Gasteiger partial charge in [-0.15, -0.1) is 11.3 Å². The minimum Gasteiger partial charge on any atom is -0.381 e. The summed E-state index contributed by atoms with van der Waals surface area (Å²) in [5.41, 5.74) is 6.05. The van der Waals surface area contributed by atoms with Crippen LogP contribution in [0.15, 0.2) is 17.5 Å². The zero-order valence-electron chi connectivity index (χ0n) is 10.4. The first-order chi connectivity index (χ1) is 8.28. The number of methoxy groups -OCH3 is 1. The van der Waals surface area contributed by atoms with Crippen LogP contribution in [-0.2, 0) is 11.3 Å². The second-order valence-electron chi connectivity index (χ2n) is 4.87. The highest BCUT2D eigenvalue weighted by Crippen LogP contribution is 2.29. The molecule has 1 aliphatic rings. The van der Waals surface area contributed by atoms with E-state index in [2.05, 4.69) is 22.8 Å². The number of nitrogens with one attached hydrogen (secondary N) is 1. The molecule has 0 saturated heterocycles. The minimum atomic E-state index is 0.0723. The Morgan fingerprint density at radius 1 is 1.65 bits per heavy atom. The fraction of sp³-hybridized carbons (Fsp3) is 0.692. The van der Waals surface area contributed by atoms with Gasteiger partial charge in [0.15, 0.2) is 0 Å². The Labute approximate surface area is 107 Å². The minimum absolute atomic E-state index is 0.0723. The van der Waals surface area contributed by atoms with E-state index in [0.717, 1.165) is 19.4 Å². The maximum absolute atomic E-state index is 5.98. The van der Waals surface area contributed by atoms with Gasteiger partial charge in [-0.05, 0) is 37.1 Å². The highest BCUT2D eigenvalue weighted by Gasteiger charge is 2.34. The standard InChI is InChI=1S/C13H22N2OS/c1-16-11-4-2-6-13(8-11,10-14)15-9-12-5-3-7-17-12/h3,5,7,11,15H,2,4,6,8-10,14H2,1H3. The normalized spacial score (nSPS) is 29.4. The van der Waals surface area contributed by atoms with E-state index in [9.17, 15) is 0 Å². The van der Waals surface area contributed by atoms with Crippen molar-refractivity contribution in [1.82, 2.24) is 5.32 Å². The molecular weight excluding hydrogens is 232 g/mol. The van der Waals surface area contributed by atoms with E-state index in [1.807, 2.05) is 0 Å². The molecule has 0 radical (unpaired) electrons. The van der Waals surface area contributed by atoms with Gasteiger partial charge < -0.3 is 15.8 Å². The first-order valence-corrected chi connectivity index (χ1v) is 7.16. The van der Waals surface area contributed by atoms with Crippen molar-refractivity contribution in [1.29, 1.82) is 0 Å². The summed E-state index contributed by atoms with van der Waals surface area (Å²) < 4.78 is 5.49. The Kier molecular flexibility index (Phi) is 4.56. The first-order valence-electron chi connectivity index (χ1n) is 6.28. The molecule has 1 aromatic rings. The molecule has 0 amide bonds. The molecule has 1 fully saturated rings. The maximum Gasteiger partial charge on any atom is 0.0589 e. The van der Waals surface area contributed by atoms with Gasteiger partial charge in [-0.25, -0.2) is 0 Å². The molecule has 0 spiro atoms. The Hall–Kier alpha value is -0.420. The van der Waals surface area contributed by atoms with Gasteiger partial charge in [-0.1, -0.05) is 6.07 Å². The van der Waals surface area contributed by atoms with Gasteiger partial charge in [0, 0.05) is 30.6 Å². The van der Waals surface area contributed by atoms with E-state index in [0.29, 0.717) is 12.6 Å². The topological polar surface area (TPSA) is 47.3 Å². The van der Waals surface area contributed by atoms with Crippen molar-refractivity contribution in [2.75, 3.05) is 13.7 Å². The van der Waals surface area contributed by atoms with Gasteiger partial charge in [0.25, 0.3) is 0 Å². The van der Waals surface area contributed by atoms with Crippen molar-refractivity contribution in [2.45, 2.75) is 43.9 Å². The summed E-state index contributed by atoms with van der Waals surface area (Å²) in [5, 5.41) is 5.77. The summed E-state index contributed by atoms with van der Waals surface area (Å²) in [7, 11) is 1.80. The van der Waals surface area contributed by atoms with Crippen molar-refractivity contribution in [2.24, 2.45) is 5.73 Å². The van der Waals surface area contributed by atoms with Crippen LogP contribution in [0.25, 0.3) is 0 Å². The van der Waals surface area contributed by atoms with Gasteiger partial charge in [-0.2, -0.15) is 0 Å². The molecule has 2 rings (SSSR count). The fourth-order valence-corrected chi connectivity index (χ4v) is 3.26. The van der Waals surface area contributed by atoms with Crippen LogP contribution in [0.3, 0.4) is 0 Å². The van der Waals surface area contributed by atoms with Gasteiger partial charge in [0.2, 0.25) is 0 Å². The molecular formula is C13H22N2OS. The van der Waals surface area contributed by atoms with E-state index < -0.39 is 0 Å². The summed E-state index contributed by atoms with van der Waals surface area (Å²) in [6, 6.07) is 4.26. The molecule has 0 aromatic carbocycles. The predicted molar refractivity (Wildman–Crippen MR) is 72.2 cm³/mol. The molecule has 96 valence electrons. The van der Waals surface area contributed by atoms with E-state index >= 15 is 0 Å². The summed E-state index contributed by atoms with van der Waals surface area (Å²) in [6.07, 6.45) is 4.93. The maximum atomic E-state index is 5.98. The van der Waals surface area contributed by atoms with Gasteiger partial charge >= 0.3 is 0 Å².